The third-order valence-corrected chi connectivity index (χ3v) is 4.71. The minimum atomic E-state index is -0.248. The lowest BCUT2D eigenvalue weighted by Gasteiger charge is -2.35. The first-order chi connectivity index (χ1) is 10.7. The molecule has 6 heteroatoms. The van der Waals surface area contributed by atoms with Crippen molar-refractivity contribution in [1.82, 2.24) is 19.4 Å². The van der Waals surface area contributed by atoms with Crippen LogP contribution in [0.5, 0.6) is 0 Å². The van der Waals surface area contributed by atoms with Crippen LogP contribution < -0.4 is 5.56 Å². The van der Waals surface area contributed by atoms with E-state index in [1.54, 1.807) is 37.9 Å². The van der Waals surface area contributed by atoms with E-state index in [-0.39, 0.29) is 29.1 Å². The van der Waals surface area contributed by atoms with Gasteiger partial charge in [-0.1, -0.05) is 0 Å². The van der Waals surface area contributed by atoms with Gasteiger partial charge < -0.3 is 9.47 Å². The molecule has 2 atom stereocenters. The third-order valence-electron chi connectivity index (χ3n) is 4.71. The molecule has 0 saturated carbocycles. The number of aryl methyl sites for hydroxylation is 1. The van der Waals surface area contributed by atoms with Gasteiger partial charge in [-0.3, -0.25) is 9.59 Å². The molecular weight excluding hydrogens is 280 g/mol. The lowest BCUT2D eigenvalue weighted by Crippen LogP contribution is -2.44. The molecular formula is C16H16N4O2. The van der Waals surface area contributed by atoms with Gasteiger partial charge in [0.2, 0.25) is 0 Å². The molecule has 0 aliphatic carbocycles. The van der Waals surface area contributed by atoms with E-state index in [4.69, 9.17) is 0 Å². The quantitative estimate of drug-likeness (QED) is 0.789. The Morgan fingerprint density at radius 3 is 3.09 bits per heavy atom. The number of hydrogen-bond donors (Lipinski definition) is 0. The summed E-state index contributed by atoms with van der Waals surface area (Å²) >= 11 is 0. The predicted octanol–water partition coefficient (Wildman–Crippen LogP) is 1.08. The van der Waals surface area contributed by atoms with Gasteiger partial charge in [-0.15, -0.1) is 0 Å². The standard InChI is InChI=1S/C16H16N4O2/c1-19-6-2-3-11(15(19)21)16(22)20-10-4-5-14(20)12-8-17-9-18-13(12)7-10/h2-3,6,8-10,14H,4-5,7H2,1H3/t10-,14-/m0/s1. The number of hydrogen-bond acceptors (Lipinski definition) is 4. The normalized spacial score (nSPS) is 22.5. The van der Waals surface area contributed by atoms with Crippen LogP contribution in [0.3, 0.4) is 0 Å². The SMILES string of the molecule is Cn1cccc(C(=O)N2[C@H]3CC[C@H]2c2cncnc2C3)c1=O. The zero-order chi connectivity index (χ0) is 15.3. The first-order valence-electron chi connectivity index (χ1n) is 7.44. The van der Waals surface area contributed by atoms with Crippen molar-refractivity contribution in [3.05, 3.63) is 58.0 Å². The van der Waals surface area contributed by atoms with Crippen LogP contribution in [0.4, 0.5) is 0 Å². The van der Waals surface area contributed by atoms with Gasteiger partial charge in [-0.05, 0) is 25.0 Å². The van der Waals surface area contributed by atoms with Crippen molar-refractivity contribution in [2.45, 2.75) is 31.3 Å². The Balaban J connectivity index is 1.77. The molecule has 2 aromatic heterocycles. The molecule has 112 valence electrons. The highest BCUT2D eigenvalue weighted by Gasteiger charge is 2.43. The molecule has 1 amide bonds. The molecule has 1 saturated heterocycles. The van der Waals surface area contributed by atoms with Crippen LogP contribution in [0.15, 0.2) is 35.6 Å². The Morgan fingerprint density at radius 2 is 2.23 bits per heavy atom. The molecule has 0 N–H and O–H groups in total. The summed E-state index contributed by atoms with van der Waals surface area (Å²) < 4.78 is 1.44. The summed E-state index contributed by atoms with van der Waals surface area (Å²) in [6, 6.07) is 3.47. The zero-order valence-corrected chi connectivity index (χ0v) is 12.3. The number of nitrogens with zero attached hydrogens (tertiary/aromatic N) is 4. The first-order valence-corrected chi connectivity index (χ1v) is 7.44. The summed E-state index contributed by atoms with van der Waals surface area (Å²) in [6.45, 7) is 0. The van der Waals surface area contributed by atoms with Gasteiger partial charge in [-0.25, -0.2) is 9.97 Å². The molecule has 1 fully saturated rings. The highest BCUT2D eigenvalue weighted by atomic mass is 16.2. The van der Waals surface area contributed by atoms with Crippen LogP contribution in [0.2, 0.25) is 0 Å². The van der Waals surface area contributed by atoms with Crippen LogP contribution in [0.25, 0.3) is 0 Å². The van der Waals surface area contributed by atoms with Crippen molar-refractivity contribution in [1.29, 1.82) is 0 Å². The van der Waals surface area contributed by atoms with Gasteiger partial charge in [0.1, 0.15) is 11.9 Å². The van der Waals surface area contributed by atoms with Crippen molar-refractivity contribution in [2.75, 3.05) is 0 Å². The molecule has 4 rings (SSSR count). The Labute approximate surface area is 127 Å². The summed E-state index contributed by atoms with van der Waals surface area (Å²) in [7, 11) is 1.66. The molecule has 0 radical (unpaired) electrons. The van der Waals surface area contributed by atoms with Crippen molar-refractivity contribution >= 4 is 5.91 Å². The van der Waals surface area contributed by atoms with Gasteiger partial charge in [0.15, 0.2) is 0 Å². The Bertz CT molecular complexity index is 814. The molecule has 0 aromatic carbocycles. The number of rotatable bonds is 1. The van der Waals surface area contributed by atoms with Gasteiger partial charge in [0.05, 0.1) is 11.7 Å². The summed E-state index contributed by atoms with van der Waals surface area (Å²) in [5.41, 5.74) is 2.05. The second-order valence-corrected chi connectivity index (χ2v) is 5.93. The molecule has 2 aliphatic rings. The summed E-state index contributed by atoms with van der Waals surface area (Å²) in [6.07, 6.45) is 7.62. The van der Waals surface area contributed by atoms with Crippen LogP contribution in [0.1, 0.15) is 40.5 Å². The van der Waals surface area contributed by atoms with Crippen molar-refractivity contribution in [2.24, 2.45) is 7.05 Å². The Morgan fingerprint density at radius 1 is 1.36 bits per heavy atom. The second-order valence-electron chi connectivity index (χ2n) is 5.93. The van der Waals surface area contributed by atoms with Crippen LogP contribution in [-0.4, -0.2) is 31.4 Å². The number of carbonyl (C=O) groups is 1. The fraction of sp³-hybridized carbons (Fsp3) is 0.375. The predicted molar refractivity (Wildman–Crippen MR) is 79.4 cm³/mol. The maximum Gasteiger partial charge on any atom is 0.263 e. The molecule has 0 unspecified atom stereocenters. The van der Waals surface area contributed by atoms with Crippen molar-refractivity contribution in [3.63, 3.8) is 0 Å². The van der Waals surface area contributed by atoms with Gasteiger partial charge >= 0.3 is 0 Å². The average Bonchev–Trinajstić information content (AvgIpc) is 2.84. The average molecular weight is 296 g/mol. The summed E-state index contributed by atoms with van der Waals surface area (Å²) in [4.78, 5) is 35.4. The maximum absolute atomic E-state index is 12.9. The molecule has 0 spiro atoms. The number of amides is 1. The summed E-state index contributed by atoms with van der Waals surface area (Å²) in [5.74, 6) is -0.178. The fourth-order valence-electron chi connectivity index (χ4n) is 3.63. The van der Waals surface area contributed by atoms with E-state index in [1.165, 1.54) is 4.57 Å². The minimum Gasteiger partial charge on any atom is -0.328 e. The van der Waals surface area contributed by atoms with Crippen molar-refractivity contribution in [3.8, 4) is 0 Å². The maximum atomic E-state index is 12.9. The number of aromatic nitrogens is 3. The number of carbonyl (C=O) groups excluding carboxylic acids is 1. The number of pyridine rings is 1. The van der Waals surface area contributed by atoms with Gasteiger partial charge in [0.25, 0.3) is 11.5 Å². The molecule has 2 aromatic rings. The van der Waals surface area contributed by atoms with Crippen molar-refractivity contribution < 1.29 is 4.79 Å². The smallest absolute Gasteiger partial charge is 0.263 e. The van der Waals surface area contributed by atoms with E-state index < -0.39 is 0 Å². The van der Waals surface area contributed by atoms with E-state index in [0.29, 0.717) is 0 Å². The molecule has 22 heavy (non-hydrogen) atoms. The van der Waals surface area contributed by atoms with Gasteiger partial charge in [-0.2, -0.15) is 0 Å². The molecule has 4 heterocycles. The van der Waals surface area contributed by atoms with E-state index in [0.717, 1.165) is 30.5 Å². The second kappa shape index (κ2) is 4.76. The Kier molecular flexibility index (Phi) is 2.85. The van der Waals surface area contributed by atoms with Crippen LogP contribution in [0, 0.1) is 0 Å². The molecule has 6 nitrogen and oxygen atoms in total. The number of fused-ring (bicyclic) bond motifs is 4. The highest BCUT2D eigenvalue weighted by molar-refractivity contribution is 5.94. The lowest BCUT2D eigenvalue weighted by molar-refractivity contribution is 0.0641. The third kappa shape index (κ3) is 1.80. The zero-order valence-electron chi connectivity index (χ0n) is 12.3. The monoisotopic (exact) mass is 296 g/mol. The Hall–Kier alpha value is -2.50. The van der Waals surface area contributed by atoms with Gasteiger partial charge in [0, 0.05) is 37.5 Å². The fourth-order valence-corrected chi connectivity index (χ4v) is 3.63. The van der Waals surface area contributed by atoms with Crippen LogP contribution in [-0.2, 0) is 13.5 Å². The molecule has 2 bridgehead atoms. The highest BCUT2D eigenvalue weighted by Crippen LogP contribution is 2.43. The topological polar surface area (TPSA) is 68.1 Å². The summed E-state index contributed by atoms with van der Waals surface area (Å²) in [5, 5.41) is 0. The largest absolute Gasteiger partial charge is 0.328 e. The first kappa shape index (κ1) is 13.2. The van der Waals surface area contributed by atoms with E-state index in [9.17, 15) is 9.59 Å². The molecule has 2 aliphatic heterocycles. The lowest BCUT2D eigenvalue weighted by atomic mass is 9.98. The van der Waals surface area contributed by atoms with E-state index in [1.807, 2.05) is 4.90 Å². The minimum absolute atomic E-state index is 0.00707. The van der Waals surface area contributed by atoms with E-state index in [2.05, 4.69) is 9.97 Å². The van der Waals surface area contributed by atoms with Crippen LogP contribution >= 0.6 is 0 Å². The van der Waals surface area contributed by atoms with E-state index >= 15 is 0 Å².